The zero-order valence-electron chi connectivity index (χ0n) is 9.24. The van der Waals surface area contributed by atoms with E-state index >= 15 is 0 Å². The number of hydrogen-bond acceptors (Lipinski definition) is 3. The largest absolute Gasteiger partial charge is 0.398 e. The van der Waals surface area contributed by atoms with Gasteiger partial charge in [-0.15, -0.1) is 11.3 Å². The molecule has 3 N–H and O–H groups in total. The predicted molar refractivity (Wildman–Crippen MR) is 76.4 cm³/mol. The van der Waals surface area contributed by atoms with Crippen molar-refractivity contribution in [3.63, 3.8) is 0 Å². The van der Waals surface area contributed by atoms with E-state index in [1.807, 2.05) is 6.07 Å². The molecular formula is C12H10Cl2N2OS. The van der Waals surface area contributed by atoms with Crippen LogP contribution in [0.15, 0.2) is 30.3 Å². The molecule has 94 valence electrons. The maximum absolute atomic E-state index is 11.9. The standard InChI is InChI=1S/C12H10Cl2N2OS/c13-9-3-1-7(5-10(9)15)12(17)16-6-8-2-4-11(14)18-8/h1-5H,6,15H2,(H,16,17). The van der Waals surface area contributed by atoms with Gasteiger partial charge in [0, 0.05) is 10.4 Å². The summed E-state index contributed by atoms with van der Waals surface area (Å²) in [5, 5.41) is 3.23. The Kier molecular flexibility index (Phi) is 4.11. The van der Waals surface area contributed by atoms with Crippen molar-refractivity contribution in [2.45, 2.75) is 6.54 Å². The number of rotatable bonds is 3. The molecule has 6 heteroatoms. The summed E-state index contributed by atoms with van der Waals surface area (Å²) in [7, 11) is 0. The van der Waals surface area contributed by atoms with Gasteiger partial charge in [0.25, 0.3) is 5.91 Å². The van der Waals surface area contributed by atoms with E-state index in [1.165, 1.54) is 11.3 Å². The van der Waals surface area contributed by atoms with E-state index in [9.17, 15) is 4.79 Å². The lowest BCUT2D eigenvalue weighted by atomic mass is 10.2. The highest BCUT2D eigenvalue weighted by Crippen LogP contribution is 2.22. The van der Waals surface area contributed by atoms with Gasteiger partial charge in [-0.1, -0.05) is 23.2 Å². The van der Waals surface area contributed by atoms with Gasteiger partial charge in [-0.2, -0.15) is 0 Å². The fraction of sp³-hybridized carbons (Fsp3) is 0.0833. The van der Waals surface area contributed by atoms with Crippen LogP contribution in [-0.2, 0) is 6.54 Å². The van der Waals surface area contributed by atoms with E-state index in [2.05, 4.69) is 5.32 Å². The lowest BCUT2D eigenvalue weighted by Crippen LogP contribution is -2.22. The number of halogens is 2. The Morgan fingerprint density at radius 2 is 2.06 bits per heavy atom. The van der Waals surface area contributed by atoms with Gasteiger partial charge in [0.15, 0.2) is 0 Å². The van der Waals surface area contributed by atoms with Crippen LogP contribution < -0.4 is 11.1 Å². The Hall–Kier alpha value is -1.23. The number of benzene rings is 1. The fourth-order valence-electron chi connectivity index (χ4n) is 1.40. The van der Waals surface area contributed by atoms with Crippen molar-refractivity contribution in [2.75, 3.05) is 5.73 Å². The third-order valence-corrected chi connectivity index (χ3v) is 3.89. The predicted octanol–water partition coefficient (Wildman–Crippen LogP) is 3.57. The van der Waals surface area contributed by atoms with Crippen molar-refractivity contribution in [1.82, 2.24) is 5.32 Å². The van der Waals surface area contributed by atoms with E-state index in [0.717, 1.165) is 4.88 Å². The van der Waals surface area contributed by atoms with Crippen molar-refractivity contribution in [3.05, 3.63) is 50.1 Å². The molecule has 0 aliphatic rings. The molecule has 0 radical (unpaired) electrons. The van der Waals surface area contributed by atoms with Crippen molar-refractivity contribution in [2.24, 2.45) is 0 Å². The summed E-state index contributed by atoms with van der Waals surface area (Å²) >= 11 is 13.0. The Balaban J connectivity index is 2.01. The lowest BCUT2D eigenvalue weighted by molar-refractivity contribution is 0.0951. The first-order chi connectivity index (χ1) is 8.56. The van der Waals surface area contributed by atoms with Crippen molar-refractivity contribution in [3.8, 4) is 0 Å². The number of nitrogen functional groups attached to an aromatic ring is 1. The van der Waals surface area contributed by atoms with Gasteiger partial charge in [0.2, 0.25) is 0 Å². The summed E-state index contributed by atoms with van der Waals surface area (Å²) in [4.78, 5) is 12.8. The molecule has 2 aromatic rings. The second-order valence-electron chi connectivity index (χ2n) is 3.62. The van der Waals surface area contributed by atoms with Crippen molar-refractivity contribution in [1.29, 1.82) is 0 Å². The lowest BCUT2D eigenvalue weighted by Gasteiger charge is -2.05. The van der Waals surface area contributed by atoms with E-state index in [0.29, 0.717) is 27.2 Å². The summed E-state index contributed by atoms with van der Waals surface area (Å²) < 4.78 is 0.704. The third kappa shape index (κ3) is 3.16. The van der Waals surface area contributed by atoms with Crippen LogP contribution in [0.3, 0.4) is 0 Å². The molecule has 2 rings (SSSR count). The molecule has 0 aliphatic carbocycles. The van der Waals surface area contributed by atoms with Gasteiger partial charge in [-0.3, -0.25) is 4.79 Å². The second kappa shape index (κ2) is 5.61. The zero-order valence-corrected chi connectivity index (χ0v) is 11.6. The third-order valence-electron chi connectivity index (χ3n) is 2.31. The molecule has 0 aliphatic heterocycles. The average molecular weight is 301 g/mol. The molecule has 0 fully saturated rings. The first kappa shape index (κ1) is 13.2. The number of nitrogens with one attached hydrogen (secondary N) is 1. The number of anilines is 1. The fourth-order valence-corrected chi connectivity index (χ4v) is 2.55. The molecule has 1 amide bonds. The Morgan fingerprint density at radius 3 is 2.67 bits per heavy atom. The van der Waals surface area contributed by atoms with Crippen LogP contribution in [0.1, 0.15) is 15.2 Å². The van der Waals surface area contributed by atoms with E-state index in [1.54, 1.807) is 24.3 Å². The molecule has 0 bridgehead atoms. The minimum absolute atomic E-state index is 0.192. The number of nitrogens with two attached hydrogens (primary N) is 1. The Labute approximate surface area is 119 Å². The second-order valence-corrected chi connectivity index (χ2v) is 5.83. The van der Waals surface area contributed by atoms with Gasteiger partial charge < -0.3 is 11.1 Å². The minimum atomic E-state index is -0.192. The van der Waals surface area contributed by atoms with Crippen LogP contribution >= 0.6 is 34.5 Å². The highest BCUT2D eigenvalue weighted by Gasteiger charge is 2.07. The number of amides is 1. The van der Waals surface area contributed by atoms with E-state index in [-0.39, 0.29) is 5.91 Å². The van der Waals surface area contributed by atoms with Gasteiger partial charge in [-0.25, -0.2) is 0 Å². The van der Waals surface area contributed by atoms with E-state index in [4.69, 9.17) is 28.9 Å². The van der Waals surface area contributed by atoms with Crippen LogP contribution in [0.4, 0.5) is 5.69 Å². The molecule has 1 aromatic carbocycles. The molecule has 3 nitrogen and oxygen atoms in total. The number of carbonyl (C=O) groups is 1. The molecule has 1 aromatic heterocycles. The Bertz CT molecular complexity index is 583. The maximum atomic E-state index is 11.9. The van der Waals surface area contributed by atoms with Gasteiger partial charge in [-0.05, 0) is 30.3 Å². The summed E-state index contributed by atoms with van der Waals surface area (Å²) in [6.45, 7) is 0.443. The first-order valence-corrected chi connectivity index (χ1v) is 6.71. The van der Waals surface area contributed by atoms with Crippen LogP contribution in [0.5, 0.6) is 0 Å². The minimum Gasteiger partial charge on any atom is -0.398 e. The summed E-state index contributed by atoms with van der Waals surface area (Å²) in [6, 6.07) is 8.47. The molecule has 1 heterocycles. The highest BCUT2D eigenvalue weighted by molar-refractivity contribution is 7.16. The monoisotopic (exact) mass is 300 g/mol. The van der Waals surface area contributed by atoms with Crippen molar-refractivity contribution >= 4 is 46.1 Å². The summed E-state index contributed by atoms with van der Waals surface area (Å²) in [5.41, 5.74) is 6.52. The summed E-state index contributed by atoms with van der Waals surface area (Å²) in [5.74, 6) is -0.192. The van der Waals surface area contributed by atoms with Crippen LogP contribution in [0.25, 0.3) is 0 Å². The molecule has 0 unspecified atom stereocenters. The zero-order chi connectivity index (χ0) is 13.1. The van der Waals surface area contributed by atoms with Crippen LogP contribution in [0.2, 0.25) is 9.36 Å². The van der Waals surface area contributed by atoms with Gasteiger partial charge in [0.05, 0.1) is 21.6 Å². The Morgan fingerprint density at radius 1 is 1.28 bits per heavy atom. The normalized spacial score (nSPS) is 10.3. The SMILES string of the molecule is Nc1cc(C(=O)NCc2ccc(Cl)s2)ccc1Cl. The molecule has 0 saturated carbocycles. The topological polar surface area (TPSA) is 55.1 Å². The van der Waals surface area contributed by atoms with Gasteiger partial charge in [0.1, 0.15) is 0 Å². The first-order valence-electron chi connectivity index (χ1n) is 5.13. The smallest absolute Gasteiger partial charge is 0.251 e. The summed E-state index contributed by atoms with van der Waals surface area (Å²) in [6.07, 6.45) is 0. The number of thiophene rings is 1. The quantitative estimate of drug-likeness (QED) is 0.852. The average Bonchev–Trinajstić information content (AvgIpc) is 2.75. The number of hydrogen-bond donors (Lipinski definition) is 2. The van der Waals surface area contributed by atoms with E-state index < -0.39 is 0 Å². The highest BCUT2D eigenvalue weighted by atomic mass is 35.5. The van der Waals surface area contributed by atoms with Crippen LogP contribution in [0, 0.1) is 0 Å². The number of carbonyl (C=O) groups excluding carboxylic acids is 1. The molecule has 0 spiro atoms. The molecule has 0 atom stereocenters. The van der Waals surface area contributed by atoms with Crippen LogP contribution in [-0.4, -0.2) is 5.91 Å². The van der Waals surface area contributed by atoms with Gasteiger partial charge >= 0.3 is 0 Å². The molecular weight excluding hydrogens is 291 g/mol. The maximum Gasteiger partial charge on any atom is 0.251 e. The molecule has 18 heavy (non-hydrogen) atoms. The van der Waals surface area contributed by atoms with Crippen molar-refractivity contribution < 1.29 is 4.79 Å². The molecule has 0 saturated heterocycles.